The Morgan fingerprint density at radius 3 is 2.67 bits per heavy atom. The van der Waals surface area contributed by atoms with Crippen LogP contribution in [0.25, 0.3) is 5.69 Å². The number of carbonyl (C=O) groups excluding carboxylic acids is 2. The molecule has 2 heterocycles. The van der Waals surface area contributed by atoms with Gasteiger partial charge in [0.2, 0.25) is 5.91 Å². The van der Waals surface area contributed by atoms with E-state index in [0.717, 1.165) is 22.6 Å². The third-order valence-electron chi connectivity index (χ3n) is 4.65. The topological polar surface area (TPSA) is 76.5 Å². The monoisotopic (exact) mass is 370 g/mol. The summed E-state index contributed by atoms with van der Waals surface area (Å²) in [7, 11) is 0. The number of amides is 2. The minimum atomic E-state index is -0.451. The Kier molecular flexibility index (Phi) is 5.21. The molecule has 7 nitrogen and oxygen atoms in total. The van der Waals surface area contributed by atoms with Gasteiger partial charge in [-0.15, -0.1) is 0 Å². The van der Waals surface area contributed by atoms with Gasteiger partial charge in [-0.3, -0.25) is 4.79 Å². The number of ether oxygens (including phenoxy) is 1. The van der Waals surface area contributed by atoms with Gasteiger partial charge in [0.05, 0.1) is 24.2 Å². The van der Waals surface area contributed by atoms with Crippen molar-refractivity contribution < 1.29 is 14.3 Å². The van der Waals surface area contributed by atoms with Gasteiger partial charge in [0.25, 0.3) is 0 Å². The van der Waals surface area contributed by atoms with Gasteiger partial charge in [-0.25, -0.2) is 9.78 Å². The molecular formula is C20H26N4O3. The number of alkyl carbamates (subject to hydrolysis) is 1. The van der Waals surface area contributed by atoms with E-state index in [0.29, 0.717) is 6.42 Å². The number of hydrogen-bond acceptors (Lipinski definition) is 4. The Morgan fingerprint density at radius 2 is 2.07 bits per heavy atom. The predicted octanol–water partition coefficient (Wildman–Crippen LogP) is 3.50. The molecule has 1 aliphatic rings. The van der Waals surface area contributed by atoms with E-state index < -0.39 is 6.09 Å². The maximum Gasteiger partial charge on any atom is 0.407 e. The number of nitrogens with one attached hydrogen (secondary N) is 1. The SMILES string of the molecule is CC(=O)N1c2ccc(-n3cnc(C)c3)cc2[C@H](NC(=O)OC(C)C)C[C@@H]1C. The van der Waals surface area contributed by atoms with Crippen LogP contribution in [0.15, 0.2) is 30.7 Å². The first-order chi connectivity index (χ1) is 12.8. The molecule has 1 N–H and O–H groups in total. The minimum Gasteiger partial charge on any atom is -0.447 e. The van der Waals surface area contributed by atoms with E-state index in [2.05, 4.69) is 10.3 Å². The lowest BCUT2D eigenvalue weighted by Gasteiger charge is -2.39. The van der Waals surface area contributed by atoms with Crippen molar-refractivity contribution in [2.75, 3.05) is 4.90 Å². The molecule has 0 saturated carbocycles. The van der Waals surface area contributed by atoms with E-state index in [4.69, 9.17) is 4.74 Å². The van der Waals surface area contributed by atoms with E-state index in [1.165, 1.54) is 0 Å². The molecule has 7 heteroatoms. The lowest BCUT2D eigenvalue weighted by Crippen LogP contribution is -2.45. The van der Waals surface area contributed by atoms with E-state index >= 15 is 0 Å². The molecule has 0 spiro atoms. The number of anilines is 1. The standard InChI is InChI=1S/C20H26N4O3/c1-12(2)27-20(26)22-18-8-14(4)24(15(5)25)19-7-6-16(9-17(18)19)23-10-13(3)21-11-23/h6-7,9-12,14,18H,8H2,1-5H3,(H,22,26)/t14-,18+/m0/s1. The van der Waals surface area contributed by atoms with Gasteiger partial charge >= 0.3 is 6.09 Å². The third kappa shape index (κ3) is 3.97. The van der Waals surface area contributed by atoms with Gasteiger partial charge in [0.1, 0.15) is 0 Å². The van der Waals surface area contributed by atoms with E-state index in [1.54, 1.807) is 18.2 Å². The number of benzene rings is 1. The summed E-state index contributed by atoms with van der Waals surface area (Å²) >= 11 is 0. The number of aryl methyl sites for hydroxylation is 1. The summed E-state index contributed by atoms with van der Waals surface area (Å²) in [5, 5.41) is 2.96. The van der Waals surface area contributed by atoms with Crippen LogP contribution >= 0.6 is 0 Å². The van der Waals surface area contributed by atoms with Crippen molar-refractivity contribution in [3.05, 3.63) is 42.0 Å². The van der Waals surface area contributed by atoms with Crippen LogP contribution in [0.4, 0.5) is 10.5 Å². The summed E-state index contributed by atoms with van der Waals surface area (Å²) in [5.74, 6) is -0.0156. The summed E-state index contributed by atoms with van der Waals surface area (Å²) in [4.78, 5) is 30.4. The number of carbonyl (C=O) groups is 2. The maximum atomic E-state index is 12.2. The van der Waals surface area contributed by atoms with Crippen molar-refractivity contribution in [1.29, 1.82) is 0 Å². The molecule has 27 heavy (non-hydrogen) atoms. The number of nitrogens with zero attached hydrogens (tertiary/aromatic N) is 3. The smallest absolute Gasteiger partial charge is 0.407 e. The molecule has 0 unspecified atom stereocenters. The molecule has 2 atom stereocenters. The second kappa shape index (κ2) is 7.42. The van der Waals surface area contributed by atoms with Crippen LogP contribution in [-0.4, -0.2) is 33.7 Å². The fourth-order valence-electron chi connectivity index (χ4n) is 3.58. The van der Waals surface area contributed by atoms with E-state index in [9.17, 15) is 9.59 Å². The number of aromatic nitrogens is 2. The highest BCUT2D eigenvalue weighted by atomic mass is 16.6. The molecule has 1 aromatic carbocycles. The van der Waals surface area contributed by atoms with Crippen molar-refractivity contribution in [2.24, 2.45) is 0 Å². The zero-order chi connectivity index (χ0) is 19.7. The normalized spacial score (nSPS) is 19.0. The molecule has 0 fully saturated rings. The minimum absolute atomic E-state index is 0.0156. The van der Waals surface area contributed by atoms with Crippen molar-refractivity contribution in [1.82, 2.24) is 14.9 Å². The van der Waals surface area contributed by atoms with Crippen molar-refractivity contribution in [3.63, 3.8) is 0 Å². The van der Waals surface area contributed by atoms with Crippen molar-refractivity contribution in [2.45, 2.75) is 59.2 Å². The second-order valence-corrected chi connectivity index (χ2v) is 7.29. The molecule has 0 saturated heterocycles. The summed E-state index contributed by atoms with van der Waals surface area (Å²) in [5.41, 5.74) is 3.56. The van der Waals surface area contributed by atoms with Gasteiger partial charge < -0.3 is 19.5 Å². The third-order valence-corrected chi connectivity index (χ3v) is 4.65. The zero-order valence-electron chi connectivity index (χ0n) is 16.4. The Hall–Kier alpha value is -2.83. The predicted molar refractivity (Wildman–Crippen MR) is 103 cm³/mol. The highest BCUT2D eigenvalue weighted by Crippen LogP contribution is 2.38. The van der Waals surface area contributed by atoms with Gasteiger partial charge in [0, 0.05) is 36.1 Å². The fourth-order valence-corrected chi connectivity index (χ4v) is 3.58. The fraction of sp³-hybridized carbons (Fsp3) is 0.450. The summed E-state index contributed by atoms with van der Waals surface area (Å²) in [6.07, 6.45) is 3.66. The molecule has 2 amide bonds. The molecule has 0 bridgehead atoms. The van der Waals surface area contributed by atoms with Crippen LogP contribution in [0.2, 0.25) is 0 Å². The number of rotatable bonds is 3. The van der Waals surface area contributed by atoms with Crippen LogP contribution in [0.1, 0.15) is 51.4 Å². The van der Waals surface area contributed by atoms with Crippen LogP contribution < -0.4 is 10.2 Å². The molecule has 3 rings (SSSR count). The number of fused-ring (bicyclic) bond motifs is 1. The van der Waals surface area contributed by atoms with Crippen LogP contribution in [0, 0.1) is 6.92 Å². The summed E-state index contributed by atoms with van der Waals surface area (Å²) in [6, 6.07) is 5.62. The molecule has 144 valence electrons. The Balaban J connectivity index is 2.01. The maximum absolute atomic E-state index is 12.2. The summed E-state index contributed by atoms with van der Waals surface area (Å²) in [6.45, 7) is 9.11. The van der Waals surface area contributed by atoms with Crippen LogP contribution in [0.3, 0.4) is 0 Å². The Labute approximate surface area is 159 Å². The molecule has 0 aliphatic carbocycles. The average molecular weight is 370 g/mol. The molecule has 0 radical (unpaired) electrons. The van der Waals surface area contributed by atoms with Crippen molar-refractivity contribution >= 4 is 17.7 Å². The highest BCUT2D eigenvalue weighted by Gasteiger charge is 2.33. The van der Waals surface area contributed by atoms with Crippen molar-refractivity contribution in [3.8, 4) is 5.69 Å². The Bertz CT molecular complexity index is 859. The van der Waals surface area contributed by atoms with Gasteiger partial charge in [-0.05, 0) is 52.3 Å². The molecule has 2 aromatic rings. The Morgan fingerprint density at radius 1 is 1.33 bits per heavy atom. The average Bonchev–Trinajstić information content (AvgIpc) is 2.99. The number of hydrogen-bond donors (Lipinski definition) is 1. The lowest BCUT2D eigenvalue weighted by atomic mass is 9.91. The zero-order valence-corrected chi connectivity index (χ0v) is 16.4. The van der Waals surface area contributed by atoms with Crippen LogP contribution in [-0.2, 0) is 9.53 Å². The van der Waals surface area contributed by atoms with Gasteiger partial charge in [-0.1, -0.05) is 0 Å². The first-order valence-corrected chi connectivity index (χ1v) is 9.18. The quantitative estimate of drug-likeness (QED) is 0.897. The van der Waals surface area contributed by atoms with E-state index in [-0.39, 0.29) is 24.1 Å². The highest BCUT2D eigenvalue weighted by molar-refractivity contribution is 5.94. The van der Waals surface area contributed by atoms with E-state index in [1.807, 2.05) is 56.7 Å². The van der Waals surface area contributed by atoms with Gasteiger partial charge in [0.15, 0.2) is 0 Å². The molecule has 1 aromatic heterocycles. The van der Waals surface area contributed by atoms with Crippen LogP contribution in [0.5, 0.6) is 0 Å². The molecular weight excluding hydrogens is 344 g/mol. The first kappa shape index (κ1) is 18.9. The largest absolute Gasteiger partial charge is 0.447 e. The first-order valence-electron chi connectivity index (χ1n) is 9.18. The molecule has 1 aliphatic heterocycles. The summed E-state index contributed by atoms with van der Waals surface area (Å²) < 4.78 is 7.18. The number of imidazole rings is 1. The van der Waals surface area contributed by atoms with Gasteiger partial charge in [-0.2, -0.15) is 0 Å². The lowest BCUT2D eigenvalue weighted by molar-refractivity contribution is -0.117. The second-order valence-electron chi connectivity index (χ2n) is 7.29.